The number of aromatic nitrogens is 7. The number of rotatable bonds is 14. The van der Waals surface area contributed by atoms with Crippen LogP contribution in [0.1, 0.15) is 123 Å². The fraction of sp³-hybridized carbons (Fsp3) is 0.587. The van der Waals surface area contributed by atoms with Crippen molar-refractivity contribution in [2.45, 2.75) is 121 Å². The molecule has 342 valence electrons. The number of hydrogen-bond acceptors (Lipinski definition) is 11. The van der Waals surface area contributed by atoms with E-state index in [0.29, 0.717) is 61.9 Å². The second kappa shape index (κ2) is 18.3. The van der Waals surface area contributed by atoms with Gasteiger partial charge in [0.15, 0.2) is 11.4 Å². The fourth-order valence-corrected chi connectivity index (χ4v) is 10.3. The lowest BCUT2D eigenvalue weighted by molar-refractivity contribution is -0.135. The predicted octanol–water partition coefficient (Wildman–Crippen LogP) is 5.12. The van der Waals surface area contributed by atoms with Gasteiger partial charge >= 0.3 is 5.69 Å². The number of carbonyl (C=O) groups is 3. The van der Waals surface area contributed by atoms with Crippen LogP contribution in [0.2, 0.25) is 0 Å². The molecular formula is C46H58F2N10O6. The van der Waals surface area contributed by atoms with Crippen molar-refractivity contribution in [1.29, 1.82) is 0 Å². The van der Waals surface area contributed by atoms with E-state index in [0.717, 1.165) is 82.1 Å². The number of anilines is 1. The van der Waals surface area contributed by atoms with Gasteiger partial charge in [0, 0.05) is 77.2 Å². The Kier molecular flexibility index (Phi) is 12.5. The van der Waals surface area contributed by atoms with Crippen molar-refractivity contribution in [3.63, 3.8) is 0 Å². The van der Waals surface area contributed by atoms with Gasteiger partial charge in [0.1, 0.15) is 17.6 Å². The number of aryl methyl sites for hydroxylation is 2. The summed E-state index contributed by atoms with van der Waals surface area (Å²) in [7, 11) is 1.72. The van der Waals surface area contributed by atoms with Crippen LogP contribution in [0.25, 0.3) is 16.7 Å². The molecule has 0 bridgehead atoms. The number of halogens is 2. The Balaban J connectivity index is 0.730. The van der Waals surface area contributed by atoms with E-state index in [1.165, 1.54) is 15.3 Å². The van der Waals surface area contributed by atoms with E-state index in [2.05, 4.69) is 25.3 Å². The normalized spacial score (nSPS) is 22.5. The number of Topliss-reactive ketones (excluding diaryl/α,β-unsaturated/α-hetero) is 1. The van der Waals surface area contributed by atoms with Crippen molar-refractivity contribution in [3.05, 3.63) is 75.7 Å². The molecule has 16 nitrogen and oxygen atoms in total. The first kappa shape index (κ1) is 43.9. The van der Waals surface area contributed by atoms with Crippen molar-refractivity contribution >= 4 is 40.1 Å². The number of amides is 2. The molecule has 1 saturated carbocycles. The molecule has 64 heavy (non-hydrogen) atoms. The molecule has 4 aromatic heterocycles. The van der Waals surface area contributed by atoms with Gasteiger partial charge in [0.25, 0.3) is 6.43 Å². The highest BCUT2D eigenvalue weighted by molar-refractivity contribution is 6.02. The Morgan fingerprint density at radius 2 is 1.77 bits per heavy atom. The summed E-state index contributed by atoms with van der Waals surface area (Å²) in [5.41, 5.74) is 2.06. The molecule has 4 aliphatic rings. The maximum absolute atomic E-state index is 14.3. The topological polar surface area (TPSA) is 174 Å². The molecule has 3 aliphatic heterocycles. The second-order valence-electron chi connectivity index (χ2n) is 18.6. The SMILES string of the molecule is Cn1c(=O)n(C2CCC(=O)NC2=O)c2cccc(CCCOC3CCN(CC4CCC(n5cc(CC(=O)c6cnn7ccc(N8CCC(C)(O)CC8)nc67)c(C(F)F)n5)CC4)CC3)c21. The maximum Gasteiger partial charge on any atom is 0.329 e. The molecule has 1 unspecified atom stereocenters. The van der Waals surface area contributed by atoms with Gasteiger partial charge in [-0.1, -0.05) is 12.1 Å². The van der Waals surface area contributed by atoms with Gasteiger partial charge in [-0.15, -0.1) is 0 Å². The number of alkyl halides is 2. The Labute approximate surface area is 369 Å². The fourth-order valence-electron chi connectivity index (χ4n) is 10.3. The molecule has 1 aliphatic carbocycles. The summed E-state index contributed by atoms with van der Waals surface area (Å²) in [6.07, 6.45) is 10.7. The Morgan fingerprint density at radius 1 is 1.00 bits per heavy atom. The highest BCUT2D eigenvalue weighted by Gasteiger charge is 2.33. The third-order valence-electron chi connectivity index (χ3n) is 14.1. The van der Waals surface area contributed by atoms with E-state index in [4.69, 9.17) is 9.72 Å². The minimum atomic E-state index is -2.81. The molecule has 5 aromatic rings. The molecule has 18 heteroatoms. The van der Waals surface area contributed by atoms with Crippen molar-refractivity contribution < 1.29 is 33.0 Å². The van der Waals surface area contributed by atoms with E-state index in [1.807, 2.05) is 31.2 Å². The first-order chi connectivity index (χ1) is 30.8. The number of para-hydroxylation sites is 1. The molecule has 1 aromatic carbocycles. The summed E-state index contributed by atoms with van der Waals surface area (Å²) in [6, 6.07) is 6.89. The van der Waals surface area contributed by atoms with Crippen molar-refractivity contribution in [2.24, 2.45) is 13.0 Å². The third-order valence-corrected chi connectivity index (χ3v) is 14.1. The Morgan fingerprint density at radius 3 is 2.50 bits per heavy atom. The summed E-state index contributed by atoms with van der Waals surface area (Å²) < 4.78 is 41.3. The Bertz CT molecular complexity index is 2570. The van der Waals surface area contributed by atoms with Gasteiger partial charge in [-0.3, -0.25) is 33.5 Å². The minimum absolute atomic E-state index is 0.00892. The number of nitrogens with one attached hydrogen (secondary N) is 1. The molecule has 1 atom stereocenters. The summed E-state index contributed by atoms with van der Waals surface area (Å²) in [6.45, 7) is 6.60. The zero-order chi connectivity index (χ0) is 44.7. The standard InChI is InChI=1S/C46H58F2N10O6/c1-46(63)17-22-55(23-18-46)38-16-21-56-43(50-38)34(26-49-56)37(59)25-31-28-57(52-40(31)42(47)48)32-10-8-29(9-11-32)27-54-19-14-33(15-20-54)64-24-4-6-30-5-3-7-35-41(30)53(2)45(62)58(35)36-12-13-39(60)51-44(36)61/h3,5,7,16,21,26,28-29,32-33,36,42,63H,4,6,8-15,17-20,22-25,27H2,1-2H3,(H,51,60,61). The number of piperidine rings is 3. The van der Waals surface area contributed by atoms with Gasteiger partial charge in [-0.25, -0.2) is 23.1 Å². The van der Waals surface area contributed by atoms with E-state index >= 15 is 0 Å². The minimum Gasteiger partial charge on any atom is -0.390 e. The number of nitrogens with zero attached hydrogens (tertiary/aromatic N) is 9. The molecule has 9 rings (SSSR count). The molecule has 0 radical (unpaired) electrons. The van der Waals surface area contributed by atoms with Gasteiger partial charge < -0.3 is 19.6 Å². The second-order valence-corrected chi connectivity index (χ2v) is 18.6. The van der Waals surface area contributed by atoms with E-state index < -0.39 is 24.0 Å². The van der Waals surface area contributed by atoms with Crippen LogP contribution in [0.3, 0.4) is 0 Å². The van der Waals surface area contributed by atoms with Crippen molar-refractivity contribution in [1.82, 2.24) is 43.7 Å². The largest absolute Gasteiger partial charge is 0.390 e. The molecule has 2 amide bonds. The number of likely N-dealkylation sites (tertiary alicyclic amines) is 1. The van der Waals surface area contributed by atoms with Gasteiger partial charge in [-0.2, -0.15) is 10.2 Å². The number of aliphatic hydroxyl groups is 1. The summed E-state index contributed by atoms with van der Waals surface area (Å²) in [5.74, 6) is 0.0917. The van der Waals surface area contributed by atoms with Gasteiger partial charge in [0.2, 0.25) is 11.8 Å². The number of fused-ring (bicyclic) bond motifs is 2. The maximum atomic E-state index is 14.3. The zero-order valence-electron chi connectivity index (χ0n) is 36.6. The van der Waals surface area contributed by atoms with Crippen molar-refractivity contribution in [2.75, 3.05) is 44.2 Å². The number of imide groups is 1. The first-order valence-corrected chi connectivity index (χ1v) is 22.9. The van der Waals surface area contributed by atoms with Crippen LogP contribution >= 0.6 is 0 Å². The van der Waals surface area contributed by atoms with Crippen LogP contribution in [0, 0.1) is 5.92 Å². The lowest BCUT2D eigenvalue weighted by atomic mass is 9.85. The number of ether oxygens (including phenoxy) is 1. The number of carbonyl (C=O) groups excluding carboxylic acids is 3. The van der Waals surface area contributed by atoms with E-state index in [1.54, 1.807) is 28.7 Å². The lowest BCUT2D eigenvalue weighted by Gasteiger charge is -2.36. The van der Waals surface area contributed by atoms with Gasteiger partial charge in [-0.05, 0) is 101 Å². The monoisotopic (exact) mass is 884 g/mol. The van der Waals surface area contributed by atoms with Crippen LogP contribution in [-0.4, -0.2) is 112 Å². The number of hydrogen-bond donors (Lipinski definition) is 2. The summed E-state index contributed by atoms with van der Waals surface area (Å²) in [4.78, 5) is 60.6. The van der Waals surface area contributed by atoms with E-state index in [9.17, 15) is 33.1 Å². The predicted molar refractivity (Wildman–Crippen MR) is 234 cm³/mol. The molecule has 3 saturated heterocycles. The molecule has 0 spiro atoms. The van der Waals surface area contributed by atoms with Crippen LogP contribution in [0.15, 0.2) is 47.7 Å². The molecule has 7 heterocycles. The number of benzene rings is 1. The van der Waals surface area contributed by atoms with Crippen LogP contribution in [0.5, 0.6) is 0 Å². The average Bonchev–Trinajstić information content (AvgIpc) is 3.97. The van der Waals surface area contributed by atoms with Crippen LogP contribution in [-0.2, 0) is 34.2 Å². The summed E-state index contributed by atoms with van der Waals surface area (Å²) >= 11 is 0. The number of imidazole rings is 1. The Hall–Kier alpha value is -5.33. The van der Waals surface area contributed by atoms with Crippen LogP contribution < -0.4 is 15.9 Å². The van der Waals surface area contributed by atoms with Crippen molar-refractivity contribution in [3.8, 4) is 0 Å². The van der Waals surface area contributed by atoms with E-state index in [-0.39, 0.29) is 59.2 Å². The third kappa shape index (κ3) is 9.13. The van der Waals surface area contributed by atoms with Gasteiger partial charge in [0.05, 0.1) is 40.5 Å². The van der Waals surface area contributed by atoms with Crippen LogP contribution in [0.4, 0.5) is 14.6 Å². The first-order valence-electron chi connectivity index (χ1n) is 22.9. The summed E-state index contributed by atoms with van der Waals surface area (Å²) in [5, 5.41) is 21.4. The highest BCUT2D eigenvalue weighted by Crippen LogP contribution is 2.35. The molecular weight excluding hydrogens is 827 g/mol. The number of ketones is 1. The quantitative estimate of drug-likeness (QED) is 0.0862. The zero-order valence-corrected chi connectivity index (χ0v) is 36.6. The molecule has 4 fully saturated rings. The molecule has 2 N–H and O–H groups in total. The smallest absolute Gasteiger partial charge is 0.329 e. The lowest BCUT2D eigenvalue weighted by Crippen LogP contribution is -2.44. The average molecular weight is 885 g/mol. The highest BCUT2D eigenvalue weighted by atomic mass is 19.3.